The van der Waals surface area contributed by atoms with Crippen molar-refractivity contribution in [2.45, 2.75) is 31.1 Å². The van der Waals surface area contributed by atoms with Gasteiger partial charge in [0, 0.05) is 32.7 Å². The summed E-state index contributed by atoms with van der Waals surface area (Å²) in [4.78, 5) is 14.8. The Bertz CT molecular complexity index is 908. The molecule has 2 aromatic carbocycles. The van der Waals surface area contributed by atoms with Crippen molar-refractivity contribution in [1.29, 1.82) is 0 Å². The number of rotatable bonds is 9. The Morgan fingerprint density at radius 2 is 1.67 bits per heavy atom. The molecule has 1 amide bonds. The summed E-state index contributed by atoms with van der Waals surface area (Å²) < 4.78 is 28.0. The molecular weight excluding hydrogens is 398 g/mol. The molecule has 0 atom stereocenters. The van der Waals surface area contributed by atoms with Gasteiger partial charge < -0.3 is 10.2 Å². The van der Waals surface area contributed by atoms with Crippen molar-refractivity contribution in [3.8, 4) is 0 Å². The average molecular weight is 430 g/mol. The average Bonchev–Trinajstić information content (AvgIpc) is 2.79. The summed E-state index contributed by atoms with van der Waals surface area (Å²) in [6, 6.07) is 17.0. The minimum atomic E-state index is -3.74. The molecule has 3 rings (SSSR count). The second-order valence-electron chi connectivity index (χ2n) is 7.56. The van der Waals surface area contributed by atoms with E-state index in [9.17, 15) is 13.2 Å². The van der Waals surface area contributed by atoms with E-state index < -0.39 is 10.0 Å². The van der Waals surface area contributed by atoms with Crippen molar-refractivity contribution in [2.75, 3.05) is 39.3 Å². The fourth-order valence-electron chi connectivity index (χ4n) is 3.60. The van der Waals surface area contributed by atoms with Crippen LogP contribution in [-0.4, -0.2) is 62.8 Å². The number of hydrogen-bond donors (Lipinski definition) is 1. The van der Waals surface area contributed by atoms with Crippen LogP contribution in [0.3, 0.4) is 0 Å². The van der Waals surface area contributed by atoms with Crippen molar-refractivity contribution in [3.63, 3.8) is 0 Å². The van der Waals surface area contributed by atoms with Gasteiger partial charge in [0.1, 0.15) is 0 Å². The van der Waals surface area contributed by atoms with E-state index in [1.807, 2.05) is 49.4 Å². The highest BCUT2D eigenvalue weighted by atomic mass is 32.2. The number of amides is 1. The zero-order valence-corrected chi connectivity index (χ0v) is 18.4. The molecule has 0 saturated carbocycles. The lowest BCUT2D eigenvalue weighted by molar-refractivity contribution is -0.131. The molecule has 7 heteroatoms. The van der Waals surface area contributed by atoms with E-state index in [4.69, 9.17) is 0 Å². The minimum absolute atomic E-state index is 0.118. The van der Waals surface area contributed by atoms with Crippen LogP contribution < -0.4 is 5.32 Å². The lowest BCUT2D eigenvalue weighted by Crippen LogP contribution is -2.50. The Labute approximate surface area is 179 Å². The fraction of sp³-hybridized carbons (Fsp3) is 0.435. The highest BCUT2D eigenvalue weighted by Gasteiger charge is 2.28. The van der Waals surface area contributed by atoms with E-state index >= 15 is 0 Å². The van der Waals surface area contributed by atoms with Gasteiger partial charge in [-0.05, 0) is 42.5 Å². The second kappa shape index (κ2) is 10.7. The van der Waals surface area contributed by atoms with Crippen molar-refractivity contribution in [1.82, 2.24) is 14.5 Å². The van der Waals surface area contributed by atoms with Gasteiger partial charge in [0.05, 0.1) is 11.4 Å². The van der Waals surface area contributed by atoms with Crippen molar-refractivity contribution < 1.29 is 13.2 Å². The van der Waals surface area contributed by atoms with Crippen LogP contribution in [0.5, 0.6) is 0 Å². The van der Waals surface area contributed by atoms with Crippen LogP contribution in [0.1, 0.15) is 24.5 Å². The fourth-order valence-corrected chi connectivity index (χ4v) is 5.03. The summed E-state index contributed by atoms with van der Waals surface area (Å²) in [7, 11) is -3.74. The molecule has 30 heavy (non-hydrogen) atoms. The SMILES string of the molecule is CCc1ccc(S(=O)(=O)N(CCCc2ccccc2)CC(=O)N2CCNCC2)cc1. The lowest BCUT2D eigenvalue weighted by Gasteiger charge is -2.30. The zero-order valence-electron chi connectivity index (χ0n) is 17.6. The van der Waals surface area contributed by atoms with Gasteiger partial charge in [-0.2, -0.15) is 4.31 Å². The maximum Gasteiger partial charge on any atom is 0.243 e. The predicted octanol–water partition coefficient (Wildman–Crippen LogP) is 2.30. The summed E-state index contributed by atoms with van der Waals surface area (Å²) in [5.74, 6) is -0.134. The molecule has 0 aromatic heterocycles. The minimum Gasteiger partial charge on any atom is -0.339 e. The van der Waals surface area contributed by atoms with E-state index in [-0.39, 0.29) is 17.3 Å². The molecule has 1 fully saturated rings. The topological polar surface area (TPSA) is 69.7 Å². The third-order valence-electron chi connectivity index (χ3n) is 5.47. The number of piperazine rings is 1. The molecule has 2 aromatic rings. The monoisotopic (exact) mass is 429 g/mol. The number of sulfonamides is 1. The second-order valence-corrected chi connectivity index (χ2v) is 9.49. The third kappa shape index (κ3) is 5.90. The first-order valence-corrected chi connectivity index (χ1v) is 12.1. The highest BCUT2D eigenvalue weighted by molar-refractivity contribution is 7.89. The van der Waals surface area contributed by atoms with Gasteiger partial charge in [-0.15, -0.1) is 0 Å². The smallest absolute Gasteiger partial charge is 0.243 e. The van der Waals surface area contributed by atoms with E-state index in [2.05, 4.69) is 5.32 Å². The van der Waals surface area contributed by atoms with Crippen LogP contribution in [0.25, 0.3) is 0 Å². The maximum atomic E-state index is 13.3. The first kappa shape index (κ1) is 22.5. The quantitative estimate of drug-likeness (QED) is 0.664. The first-order valence-electron chi connectivity index (χ1n) is 10.6. The van der Waals surface area contributed by atoms with Crippen molar-refractivity contribution in [3.05, 3.63) is 65.7 Å². The molecule has 1 N–H and O–H groups in total. The Morgan fingerprint density at radius 1 is 1.00 bits per heavy atom. The van der Waals surface area contributed by atoms with Gasteiger partial charge in [-0.1, -0.05) is 49.4 Å². The molecule has 0 bridgehead atoms. The standard InChI is InChI=1S/C23H31N3O3S/c1-2-20-10-12-22(13-11-20)30(28,29)26(16-6-9-21-7-4-3-5-8-21)19-23(27)25-17-14-24-15-18-25/h3-5,7-8,10-13,24H,2,6,9,14-19H2,1H3. The Hall–Kier alpha value is -2.22. The Morgan fingerprint density at radius 3 is 2.30 bits per heavy atom. The highest BCUT2D eigenvalue weighted by Crippen LogP contribution is 2.18. The van der Waals surface area contributed by atoms with E-state index in [0.29, 0.717) is 26.1 Å². The largest absolute Gasteiger partial charge is 0.339 e. The number of benzene rings is 2. The van der Waals surface area contributed by atoms with E-state index in [0.717, 1.165) is 37.1 Å². The summed E-state index contributed by atoms with van der Waals surface area (Å²) in [5.41, 5.74) is 2.25. The number of carbonyl (C=O) groups excluding carboxylic acids is 1. The van der Waals surface area contributed by atoms with Crippen LogP contribution in [0.2, 0.25) is 0 Å². The Balaban J connectivity index is 1.74. The number of carbonyl (C=O) groups is 1. The van der Waals surface area contributed by atoms with Gasteiger partial charge in [0.25, 0.3) is 0 Å². The third-order valence-corrected chi connectivity index (χ3v) is 7.33. The summed E-state index contributed by atoms with van der Waals surface area (Å²) in [6.07, 6.45) is 2.27. The summed E-state index contributed by atoms with van der Waals surface area (Å²) in [6.45, 7) is 4.93. The van der Waals surface area contributed by atoms with E-state index in [1.54, 1.807) is 17.0 Å². The maximum absolute atomic E-state index is 13.3. The van der Waals surface area contributed by atoms with Crippen LogP contribution in [0.15, 0.2) is 59.5 Å². The summed E-state index contributed by atoms with van der Waals surface area (Å²) >= 11 is 0. The predicted molar refractivity (Wildman–Crippen MR) is 119 cm³/mol. The molecule has 1 saturated heterocycles. The molecule has 6 nitrogen and oxygen atoms in total. The molecule has 0 unspecified atom stereocenters. The van der Waals surface area contributed by atoms with Crippen LogP contribution in [0.4, 0.5) is 0 Å². The van der Waals surface area contributed by atoms with Gasteiger partial charge >= 0.3 is 0 Å². The molecule has 162 valence electrons. The molecule has 0 radical (unpaired) electrons. The number of nitrogens with zero attached hydrogens (tertiary/aromatic N) is 2. The zero-order chi connectivity index (χ0) is 21.4. The van der Waals surface area contributed by atoms with Gasteiger partial charge in [0.2, 0.25) is 15.9 Å². The number of hydrogen-bond acceptors (Lipinski definition) is 4. The molecule has 1 aliphatic heterocycles. The van der Waals surface area contributed by atoms with Gasteiger partial charge in [-0.25, -0.2) is 8.42 Å². The normalized spacial score (nSPS) is 14.8. The van der Waals surface area contributed by atoms with Crippen molar-refractivity contribution in [2.24, 2.45) is 0 Å². The van der Waals surface area contributed by atoms with Crippen LogP contribution >= 0.6 is 0 Å². The van der Waals surface area contributed by atoms with E-state index in [1.165, 1.54) is 4.31 Å². The molecular formula is C23H31N3O3S. The van der Waals surface area contributed by atoms with Crippen LogP contribution in [0, 0.1) is 0 Å². The summed E-state index contributed by atoms with van der Waals surface area (Å²) in [5, 5.41) is 3.22. The first-order chi connectivity index (χ1) is 14.5. The molecule has 0 aliphatic carbocycles. The van der Waals surface area contributed by atoms with Gasteiger partial charge in [-0.3, -0.25) is 4.79 Å². The molecule has 1 heterocycles. The van der Waals surface area contributed by atoms with Crippen molar-refractivity contribution >= 4 is 15.9 Å². The molecule has 1 aliphatic rings. The van der Waals surface area contributed by atoms with Crippen LogP contribution in [-0.2, 0) is 27.7 Å². The lowest BCUT2D eigenvalue weighted by atomic mass is 10.1. The Kier molecular flexibility index (Phi) is 8.01. The number of nitrogens with one attached hydrogen (secondary N) is 1. The number of aryl methyl sites for hydroxylation is 2. The van der Waals surface area contributed by atoms with Gasteiger partial charge in [0.15, 0.2) is 0 Å². The molecule has 0 spiro atoms.